The number of aromatic nitrogens is 1. The van der Waals surface area contributed by atoms with E-state index in [9.17, 15) is 4.79 Å². The van der Waals surface area contributed by atoms with Gasteiger partial charge in [0.1, 0.15) is 5.82 Å². The summed E-state index contributed by atoms with van der Waals surface area (Å²) in [7, 11) is 0. The summed E-state index contributed by atoms with van der Waals surface area (Å²) in [6.07, 6.45) is 1.51. The van der Waals surface area contributed by atoms with Crippen molar-refractivity contribution < 1.29 is 9.53 Å². The molecular weight excluding hydrogens is 390 g/mol. The first kappa shape index (κ1) is 20.7. The van der Waals surface area contributed by atoms with E-state index in [4.69, 9.17) is 10.5 Å². The molecule has 3 aromatic rings. The number of rotatable bonds is 7. The van der Waals surface area contributed by atoms with E-state index in [2.05, 4.69) is 32.7 Å². The average molecular weight is 418 g/mol. The number of carbonyl (C=O) groups is 1. The molecule has 1 atom stereocenters. The SMILES string of the molecule is C[C@H](Nc1cc(Nc2ccc(N3CCOCC3)cc2)ncc1C(N)=O)c1ccccc1. The third kappa shape index (κ3) is 5.13. The van der Waals surface area contributed by atoms with E-state index in [1.54, 1.807) is 0 Å². The molecule has 0 spiro atoms. The highest BCUT2D eigenvalue weighted by molar-refractivity contribution is 5.98. The van der Waals surface area contributed by atoms with Crippen molar-refractivity contribution >= 4 is 28.8 Å². The highest BCUT2D eigenvalue weighted by Gasteiger charge is 2.14. The second kappa shape index (κ2) is 9.49. The van der Waals surface area contributed by atoms with Crippen molar-refractivity contribution in [3.8, 4) is 0 Å². The summed E-state index contributed by atoms with van der Waals surface area (Å²) in [4.78, 5) is 18.6. The van der Waals surface area contributed by atoms with Gasteiger partial charge in [-0.25, -0.2) is 4.98 Å². The number of hydrogen-bond donors (Lipinski definition) is 3. The summed E-state index contributed by atoms with van der Waals surface area (Å²) in [5, 5.41) is 6.69. The Labute approximate surface area is 182 Å². The van der Waals surface area contributed by atoms with E-state index in [0.717, 1.165) is 37.6 Å². The molecule has 0 aliphatic carbocycles. The van der Waals surface area contributed by atoms with E-state index < -0.39 is 5.91 Å². The summed E-state index contributed by atoms with van der Waals surface area (Å²) < 4.78 is 5.42. The number of ether oxygens (including phenoxy) is 1. The van der Waals surface area contributed by atoms with Crippen LogP contribution in [-0.2, 0) is 4.74 Å². The normalized spacial score (nSPS) is 14.7. The topological polar surface area (TPSA) is 92.5 Å². The van der Waals surface area contributed by atoms with Crippen LogP contribution in [0.4, 0.5) is 22.9 Å². The first-order valence-corrected chi connectivity index (χ1v) is 10.4. The van der Waals surface area contributed by atoms with Gasteiger partial charge in [0.2, 0.25) is 0 Å². The Morgan fingerprint density at radius 2 is 1.81 bits per heavy atom. The molecule has 2 aromatic carbocycles. The van der Waals surface area contributed by atoms with Crippen LogP contribution in [-0.4, -0.2) is 37.2 Å². The van der Waals surface area contributed by atoms with Crippen molar-refractivity contribution in [1.82, 2.24) is 4.98 Å². The van der Waals surface area contributed by atoms with Crippen molar-refractivity contribution in [2.45, 2.75) is 13.0 Å². The van der Waals surface area contributed by atoms with Gasteiger partial charge < -0.3 is 26.0 Å². The molecule has 2 heterocycles. The van der Waals surface area contributed by atoms with Gasteiger partial charge in [-0.2, -0.15) is 0 Å². The Hall–Kier alpha value is -3.58. The maximum absolute atomic E-state index is 11.9. The van der Waals surface area contributed by atoms with Crippen molar-refractivity contribution in [1.29, 1.82) is 0 Å². The van der Waals surface area contributed by atoms with Gasteiger partial charge in [-0.3, -0.25) is 4.79 Å². The maximum Gasteiger partial charge on any atom is 0.252 e. The van der Waals surface area contributed by atoms with Crippen molar-refractivity contribution in [3.05, 3.63) is 78.0 Å². The van der Waals surface area contributed by atoms with E-state index in [0.29, 0.717) is 17.1 Å². The zero-order chi connectivity index (χ0) is 21.6. The van der Waals surface area contributed by atoms with Crippen LogP contribution < -0.4 is 21.3 Å². The number of hydrogen-bond acceptors (Lipinski definition) is 6. The number of benzene rings is 2. The zero-order valence-electron chi connectivity index (χ0n) is 17.5. The van der Waals surface area contributed by atoms with Crippen LogP contribution in [0.15, 0.2) is 66.9 Å². The molecule has 0 bridgehead atoms. The summed E-state index contributed by atoms with van der Waals surface area (Å²) >= 11 is 0. The molecule has 1 saturated heterocycles. The number of nitrogens with one attached hydrogen (secondary N) is 2. The van der Waals surface area contributed by atoms with E-state index in [-0.39, 0.29) is 6.04 Å². The lowest BCUT2D eigenvalue weighted by molar-refractivity contribution is 0.100. The van der Waals surface area contributed by atoms with E-state index in [1.807, 2.05) is 55.5 Å². The molecule has 1 aliphatic rings. The number of carbonyl (C=O) groups excluding carboxylic acids is 1. The molecule has 4 N–H and O–H groups in total. The lowest BCUT2D eigenvalue weighted by atomic mass is 10.1. The Balaban J connectivity index is 1.51. The molecule has 7 heteroatoms. The van der Waals surface area contributed by atoms with Crippen LogP contribution in [0.1, 0.15) is 28.9 Å². The van der Waals surface area contributed by atoms with Gasteiger partial charge in [-0.05, 0) is 36.8 Å². The number of anilines is 4. The number of morpholine rings is 1. The van der Waals surface area contributed by atoms with Gasteiger partial charge in [0.15, 0.2) is 0 Å². The Morgan fingerprint density at radius 1 is 1.10 bits per heavy atom. The number of nitrogens with zero attached hydrogens (tertiary/aromatic N) is 2. The molecule has 0 unspecified atom stereocenters. The Bertz CT molecular complexity index is 1020. The average Bonchev–Trinajstić information content (AvgIpc) is 2.81. The molecule has 0 saturated carbocycles. The number of primary amides is 1. The minimum absolute atomic E-state index is 0.00218. The summed E-state index contributed by atoms with van der Waals surface area (Å²) in [6, 6.07) is 20.1. The second-order valence-electron chi connectivity index (χ2n) is 7.53. The number of pyridine rings is 1. The predicted molar refractivity (Wildman–Crippen MR) is 124 cm³/mol. The molecular formula is C24H27N5O2. The second-order valence-corrected chi connectivity index (χ2v) is 7.53. The zero-order valence-corrected chi connectivity index (χ0v) is 17.5. The molecule has 1 aromatic heterocycles. The number of amides is 1. The van der Waals surface area contributed by atoms with Crippen molar-refractivity contribution in [3.63, 3.8) is 0 Å². The quantitative estimate of drug-likeness (QED) is 0.539. The van der Waals surface area contributed by atoms with Crippen LogP contribution in [0.3, 0.4) is 0 Å². The highest BCUT2D eigenvalue weighted by atomic mass is 16.5. The fourth-order valence-corrected chi connectivity index (χ4v) is 3.62. The van der Waals surface area contributed by atoms with Gasteiger partial charge in [0.25, 0.3) is 5.91 Å². The van der Waals surface area contributed by atoms with Crippen LogP contribution in [0.2, 0.25) is 0 Å². The molecule has 1 aliphatic heterocycles. The molecule has 1 amide bonds. The van der Waals surface area contributed by atoms with E-state index in [1.165, 1.54) is 11.9 Å². The molecule has 7 nitrogen and oxygen atoms in total. The van der Waals surface area contributed by atoms with Crippen LogP contribution in [0, 0.1) is 0 Å². The van der Waals surface area contributed by atoms with Crippen molar-refractivity contribution in [2.75, 3.05) is 41.8 Å². The predicted octanol–water partition coefficient (Wildman–Crippen LogP) is 3.93. The Morgan fingerprint density at radius 3 is 2.48 bits per heavy atom. The minimum atomic E-state index is -0.517. The van der Waals surface area contributed by atoms with Gasteiger partial charge in [0.05, 0.1) is 24.5 Å². The third-order valence-electron chi connectivity index (χ3n) is 5.36. The maximum atomic E-state index is 11.9. The highest BCUT2D eigenvalue weighted by Crippen LogP contribution is 2.26. The van der Waals surface area contributed by atoms with Crippen molar-refractivity contribution in [2.24, 2.45) is 5.73 Å². The van der Waals surface area contributed by atoms with Gasteiger partial charge >= 0.3 is 0 Å². The summed E-state index contributed by atoms with van der Waals surface area (Å²) in [6.45, 7) is 5.35. The lowest BCUT2D eigenvalue weighted by Crippen LogP contribution is -2.36. The summed E-state index contributed by atoms with van der Waals surface area (Å²) in [5.74, 6) is 0.114. The van der Waals surface area contributed by atoms with Gasteiger partial charge in [0, 0.05) is 42.8 Å². The van der Waals surface area contributed by atoms with Crippen LogP contribution >= 0.6 is 0 Å². The largest absolute Gasteiger partial charge is 0.378 e. The monoisotopic (exact) mass is 417 g/mol. The summed E-state index contributed by atoms with van der Waals surface area (Å²) in [5.41, 5.74) is 9.77. The fourth-order valence-electron chi connectivity index (χ4n) is 3.62. The molecule has 160 valence electrons. The molecule has 4 rings (SSSR count). The Kier molecular flexibility index (Phi) is 6.33. The standard InChI is InChI=1S/C24H27N5O2/c1-17(18-5-3-2-4-6-18)27-22-15-23(26-16-21(22)24(25)30)28-19-7-9-20(10-8-19)29-11-13-31-14-12-29/h2-10,15-17H,11-14H2,1H3,(H2,25,30)(H2,26,27,28)/t17-/m0/s1. The lowest BCUT2D eigenvalue weighted by Gasteiger charge is -2.28. The molecule has 1 fully saturated rings. The number of nitrogens with two attached hydrogens (primary N) is 1. The van der Waals surface area contributed by atoms with Crippen LogP contribution in [0.5, 0.6) is 0 Å². The molecule has 0 radical (unpaired) electrons. The first-order valence-electron chi connectivity index (χ1n) is 10.4. The fraction of sp³-hybridized carbons (Fsp3) is 0.250. The third-order valence-corrected chi connectivity index (χ3v) is 5.36. The molecule has 31 heavy (non-hydrogen) atoms. The van der Waals surface area contributed by atoms with Crippen LogP contribution in [0.25, 0.3) is 0 Å². The smallest absolute Gasteiger partial charge is 0.252 e. The van der Waals surface area contributed by atoms with E-state index >= 15 is 0 Å². The minimum Gasteiger partial charge on any atom is -0.378 e. The first-order chi connectivity index (χ1) is 15.1. The van der Waals surface area contributed by atoms with Gasteiger partial charge in [-0.15, -0.1) is 0 Å². The van der Waals surface area contributed by atoms with Gasteiger partial charge in [-0.1, -0.05) is 30.3 Å².